The quantitative estimate of drug-likeness (QED) is 0.390. The molecule has 4 aromatic rings. The molecule has 0 saturated carbocycles. The van der Waals surface area contributed by atoms with Gasteiger partial charge in [0, 0.05) is 23.1 Å². The normalized spacial score (nSPS) is 15.7. The second kappa shape index (κ2) is 7.59. The van der Waals surface area contributed by atoms with Gasteiger partial charge in [0.05, 0.1) is 5.69 Å². The van der Waals surface area contributed by atoms with Gasteiger partial charge in [0.15, 0.2) is 0 Å². The third-order valence-electron chi connectivity index (χ3n) is 4.80. The summed E-state index contributed by atoms with van der Waals surface area (Å²) in [5.74, 6) is -0.931. The zero-order chi connectivity index (χ0) is 22.1. The van der Waals surface area contributed by atoms with Crippen molar-refractivity contribution >= 4 is 0 Å². The van der Waals surface area contributed by atoms with Crippen LogP contribution in [0.2, 0.25) is 0 Å². The van der Waals surface area contributed by atoms with Crippen LogP contribution in [-0.2, 0) is 0 Å². The number of rotatable bonds is 4. The molecule has 0 N–H and O–H groups in total. The van der Waals surface area contributed by atoms with Crippen LogP contribution in [0, 0.1) is 6.85 Å². The Labute approximate surface area is 167 Å². The highest BCUT2D eigenvalue weighted by atomic mass is 14.7. The predicted octanol–water partition coefficient (Wildman–Crippen LogP) is 6.88. The monoisotopic (exact) mass is 353 g/mol. The van der Waals surface area contributed by atoms with E-state index in [9.17, 15) is 0 Å². The number of pyridine rings is 1. The molecule has 0 aliphatic heterocycles. The highest BCUT2D eigenvalue weighted by molar-refractivity contribution is 5.74. The number of aromatic nitrogens is 1. The molecule has 4 rings (SSSR count). The Bertz CT molecular complexity index is 1180. The highest BCUT2D eigenvalue weighted by Gasteiger charge is 2.11. The summed E-state index contributed by atoms with van der Waals surface area (Å²) in [7, 11) is 0. The molecular formula is C26H23N. The molecule has 0 bridgehead atoms. The summed E-state index contributed by atoms with van der Waals surface area (Å²) >= 11 is 0. The molecule has 0 saturated heterocycles. The largest absolute Gasteiger partial charge is 0.256 e. The van der Waals surface area contributed by atoms with E-state index >= 15 is 0 Å². The summed E-state index contributed by atoms with van der Waals surface area (Å²) in [6, 6.07) is 28.4. The van der Waals surface area contributed by atoms with Gasteiger partial charge in [-0.1, -0.05) is 79.7 Å². The minimum atomic E-state index is -2.22. The maximum atomic E-state index is 8.96. The van der Waals surface area contributed by atoms with Crippen LogP contribution >= 0.6 is 0 Å². The molecule has 0 amide bonds. The molecule has 132 valence electrons. The van der Waals surface area contributed by atoms with Crippen molar-refractivity contribution in [1.29, 1.82) is 0 Å². The first-order valence-corrected chi connectivity index (χ1v) is 8.99. The van der Waals surface area contributed by atoms with Gasteiger partial charge in [-0.05, 0) is 52.9 Å². The van der Waals surface area contributed by atoms with E-state index in [4.69, 9.17) is 5.48 Å². The molecule has 0 aliphatic rings. The minimum Gasteiger partial charge on any atom is -0.256 e. The van der Waals surface area contributed by atoms with E-state index in [2.05, 4.69) is 4.98 Å². The molecule has 1 atom stereocenters. The average molecular weight is 354 g/mol. The van der Waals surface area contributed by atoms with Gasteiger partial charge < -0.3 is 0 Å². The smallest absolute Gasteiger partial charge is 0.0705 e. The molecule has 0 aliphatic carbocycles. The van der Waals surface area contributed by atoms with Gasteiger partial charge in [-0.2, -0.15) is 0 Å². The Morgan fingerprint density at radius 1 is 0.778 bits per heavy atom. The standard InChI is InChI=1S/C26H23N/c1-19-13-14-24(17-25(19)22-11-7-4-8-12-22)26-18-23(15-16-27-26)20(2)21-9-5-3-6-10-21/h3-18,20H,1-2H3/i1D3,20D. The molecule has 0 spiro atoms. The zero-order valence-electron chi connectivity index (χ0n) is 19.2. The molecular weight excluding hydrogens is 326 g/mol. The molecule has 1 unspecified atom stereocenters. The lowest BCUT2D eigenvalue weighted by molar-refractivity contribution is 0.918. The Hall–Kier alpha value is -3.19. The molecule has 1 heterocycles. The summed E-state index contributed by atoms with van der Waals surface area (Å²) in [4.78, 5) is 4.52. The van der Waals surface area contributed by atoms with E-state index in [0.29, 0.717) is 16.8 Å². The van der Waals surface area contributed by atoms with Gasteiger partial charge in [0.2, 0.25) is 0 Å². The highest BCUT2D eigenvalue weighted by Crippen LogP contribution is 2.31. The van der Waals surface area contributed by atoms with Gasteiger partial charge in [-0.25, -0.2) is 0 Å². The Kier molecular flexibility index (Phi) is 3.67. The molecule has 1 nitrogen and oxygen atoms in total. The van der Waals surface area contributed by atoms with Crippen molar-refractivity contribution in [3.63, 3.8) is 0 Å². The van der Waals surface area contributed by atoms with Crippen LogP contribution in [0.25, 0.3) is 22.4 Å². The maximum Gasteiger partial charge on any atom is 0.0705 e. The van der Waals surface area contributed by atoms with Crippen LogP contribution in [0.4, 0.5) is 0 Å². The topological polar surface area (TPSA) is 12.9 Å². The van der Waals surface area contributed by atoms with Gasteiger partial charge in [-0.3, -0.25) is 4.98 Å². The lowest BCUT2D eigenvalue weighted by Crippen LogP contribution is -1.97. The van der Waals surface area contributed by atoms with Crippen molar-refractivity contribution in [3.8, 4) is 22.4 Å². The fraction of sp³-hybridized carbons (Fsp3) is 0.115. The first-order chi connectivity index (χ1) is 14.8. The first kappa shape index (κ1) is 13.1. The maximum absolute atomic E-state index is 8.96. The van der Waals surface area contributed by atoms with Crippen molar-refractivity contribution in [2.75, 3.05) is 0 Å². The fourth-order valence-corrected chi connectivity index (χ4v) is 3.24. The minimum absolute atomic E-state index is 0.313. The van der Waals surface area contributed by atoms with Crippen molar-refractivity contribution < 1.29 is 5.48 Å². The number of aryl methyl sites for hydroxylation is 1. The summed E-state index contributed by atoms with van der Waals surface area (Å²) in [5, 5.41) is 0. The molecule has 27 heavy (non-hydrogen) atoms. The lowest BCUT2D eigenvalue weighted by atomic mass is 9.92. The summed E-state index contributed by atoms with van der Waals surface area (Å²) in [5.41, 5.74) is 5.08. The molecule has 0 radical (unpaired) electrons. The molecule has 0 fully saturated rings. The van der Waals surface area contributed by atoms with Crippen LogP contribution in [0.15, 0.2) is 97.2 Å². The molecule has 1 heteroatoms. The van der Waals surface area contributed by atoms with Crippen molar-refractivity contribution in [1.82, 2.24) is 4.98 Å². The van der Waals surface area contributed by atoms with Crippen LogP contribution in [0.3, 0.4) is 0 Å². The summed E-state index contributed by atoms with van der Waals surface area (Å²) in [6.45, 7) is -0.347. The van der Waals surface area contributed by atoms with Gasteiger partial charge >= 0.3 is 0 Å². The van der Waals surface area contributed by atoms with Crippen LogP contribution in [-0.4, -0.2) is 4.98 Å². The number of hydrogen-bond donors (Lipinski definition) is 0. The van der Waals surface area contributed by atoms with E-state index in [1.54, 1.807) is 18.3 Å². The van der Waals surface area contributed by atoms with Crippen molar-refractivity contribution in [2.45, 2.75) is 19.7 Å². The first-order valence-electron chi connectivity index (χ1n) is 11.0. The number of hydrogen-bond acceptors (Lipinski definition) is 1. The van der Waals surface area contributed by atoms with Crippen LogP contribution in [0.5, 0.6) is 0 Å². The zero-order valence-corrected chi connectivity index (χ0v) is 15.2. The fourth-order valence-electron chi connectivity index (χ4n) is 3.24. The van der Waals surface area contributed by atoms with E-state index in [0.717, 1.165) is 22.3 Å². The van der Waals surface area contributed by atoms with Gasteiger partial charge in [0.25, 0.3) is 0 Å². The number of benzene rings is 3. The molecule has 3 aromatic carbocycles. The van der Waals surface area contributed by atoms with E-state index < -0.39 is 12.7 Å². The average Bonchev–Trinajstić information content (AvgIpc) is 2.79. The SMILES string of the molecule is [2H]C([2H])([2H])c1ccc(-c2cc(C([2H])(C)c3ccccc3)ccn2)cc1-c1ccccc1. The van der Waals surface area contributed by atoms with Gasteiger partial charge in [-0.15, -0.1) is 0 Å². The summed E-state index contributed by atoms with van der Waals surface area (Å²) in [6.07, 6.45) is 1.71. The number of nitrogens with zero attached hydrogens (tertiary/aromatic N) is 1. The second-order valence-corrected chi connectivity index (χ2v) is 6.55. The van der Waals surface area contributed by atoms with E-state index in [1.165, 1.54) is 0 Å². The third-order valence-corrected chi connectivity index (χ3v) is 4.80. The summed E-state index contributed by atoms with van der Waals surface area (Å²) < 4.78 is 32.8. The predicted molar refractivity (Wildman–Crippen MR) is 114 cm³/mol. The van der Waals surface area contributed by atoms with E-state index in [1.807, 2.05) is 85.8 Å². The van der Waals surface area contributed by atoms with Gasteiger partial charge in [0.1, 0.15) is 0 Å². The van der Waals surface area contributed by atoms with Crippen molar-refractivity contribution in [3.05, 3.63) is 114 Å². The lowest BCUT2D eigenvalue weighted by Gasteiger charge is -2.14. The van der Waals surface area contributed by atoms with Crippen LogP contribution in [0.1, 0.15) is 35.0 Å². The van der Waals surface area contributed by atoms with E-state index in [-0.39, 0.29) is 0 Å². The Balaban J connectivity index is 1.82. The Morgan fingerprint density at radius 3 is 2.26 bits per heavy atom. The molecule has 1 aromatic heterocycles. The second-order valence-electron chi connectivity index (χ2n) is 6.55. The third kappa shape index (κ3) is 3.68. The van der Waals surface area contributed by atoms with Crippen LogP contribution < -0.4 is 0 Å². The Morgan fingerprint density at radius 2 is 1.52 bits per heavy atom. The van der Waals surface area contributed by atoms with Crippen molar-refractivity contribution in [2.24, 2.45) is 0 Å².